The molecule has 0 radical (unpaired) electrons. The molecule has 0 spiro atoms. The second-order valence-corrected chi connectivity index (χ2v) is 11.7. The largest absolute Gasteiger partial charge is 1.00 e. The molecule has 0 atom stereocenters. The highest BCUT2D eigenvalue weighted by atomic mass is 79.9. The third-order valence-electron chi connectivity index (χ3n) is 7.06. The summed E-state index contributed by atoms with van der Waals surface area (Å²) in [6.07, 6.45) is 34.9. The van der Waals surface area contributed by atoms with E-state index in [-0.39, 0.29) is 29.4 Å². The maximum absolute atomic E-state index is 2.29. The number of hydrogen-bond acceptors (Lipinski definition) is 0. The van der Waals surface area contributed by atoms with Crippen LogP contribution in [0.15, 0.2) is 0 Å². The maximum Gasteiger partial charge on any atom is 0.0766 e. The zero-order valence-electron chi connectivity index (χ0n) is 26.1. The van der Waals surface area contributed by atoms with Crippen molar-refractivity contribution in [3.63, 3.8) is 0 Å². The van der Waals surface area contributed by atoms with Crippen molar-refractivity contribution in [1.82, 2.24) is 0 Å². The molecule has 0 heterocycles. The fraction of sp³-hybridized carbons (Fsp3) is 1.00. The van der Waals surface area contributed by atoms with E-state index in [2.05, 4.69) is 42.0 Å². The van der Waals surface area contributed by atoms with Crippen LogP contribution in [-0.4, -0.2) is 41.3 Å². The monoisotopic (exact) mass is 598 g/mol. The van der Waals surface area contributed by atoms with Gasteiger partial charge in [-0.25, -0.2) is 0 Å². The van der Waals surface area contributed by atoms with Crippen LogP contribution in [0.2, 0.25) is 0 Å². The molecule has 0 aliphatic rings. The van der Waals surface area contributed by atoms with Gasteiger partial charge in [0.05, 0.1) is 41.3 Å². The molecule has 0 saturated heterocycles. The summed E-state index contributed by atoms with van der Waals surface area (Å²) < 4.78 is 0. The molecule has 0 aliphatic carbocycles. The lowest BCUT2D eigenvalue weighted by molar-refractivity contribution is -0.858. The first kappa shape index (κ1) is 43.7. The standard InChI is InChI=1S/C18H39N.C14H31N.BrH.ClH/c1-4-5-6-7-8-9-10-11-12-13-14-15-16-17-18-19(2)3;1-4-5-6-7-8-9-10-11-12-13-14-15(2)3;;/h4-18H2,1-3H3;4-14H2,1-3H3;2*1H. The van der Waals surface area contributed by atoms with Crippen molar-refractivity contribution < 1.29 is 39.2 Å². The molecule has 0 amide bonds. The normalized spacial score (nSPS) is 10.7. The molecule has 0 aromatic rings. The average molecular weight is 600 g/mol. The molecule has 4 heteroatoms. The third kappa shape index (κ3) is 47.8. The first-order valence-corrected chi connectivity index (χ1v) is 16.1. The molecule has 224 valence electrons. The molecule has 0 saturated carbocycles. The summed E-state index contributed by atoms with van der Waals surface area (Å²) in [4.78, 5) is 3.19. The SMILES string of the molecule is CCCCCCCCCCCCCCCC[NH+](C)C.CCCCCCCCCCCC[NH+](C)C.[Br-].[Cl-]. The molecular weight excluding hydrogens is 528 g/mol. The van der Waals surface area contributed by atoms with Crippen molar-refractivity contribution in [2.24, 2.45) is 0 Å². The second kappa shape index (κ2) is 40.2. The van der Waals surface area contributed by atoms with E-state index in [9.17, 15) is 0 Å². The van der Waals surface area contributed by atoms with E-state index in [1.54, 1.807) is 9.80 Å². The highest BCUT2D eigenvalue weighted by Crippen LogP contribution is 2.13. The van der Waals surface area contributed by atoms with Gasteiger partial charge in [-0.15, -0.1) is 0 Å². The van der Waals surface area contributed by atoms with Crippen LogP contribution in [0, 0.1) is 0 Å². The van der Waals surface area contributed by atoms with Gasteiger partial charge in [-0.1, -0.05) is 142 Å². The Morgan fingerprint density at radius 1 is 0.306 bits per heavy atom. The molecule has 0 aromatic carbocycles. The first-order valence-electron chi connectivity index (χ1n) is 16.1. The fourth-order valence-corrected chi connectivity index (χ4v) is 4.64. The fourth-order valence-electron chi connectivity index (χ4n) is 4.64. The molecule has 0 bridgehead atoms. The van der Waals surface area contributed by atoms with Gasteiger partial charge in [0, 0.05) is 0 Å². The minimum Gasteiger partial charge on any atom is -1.00 e. The van der Waals surface area contributed by atoms with Crippen LogP contribution in [0.1, 0.15) is 168 Å². The number of quaternary nitrogens is 2. The molecule has 0 unspecified atom stereocenters. The molecule has 0 aliphatic heterocycles. The van der Waals surface area contributed by atoms with Gasteiger partial charge in [0.1, 0.15) is 0 Å². The van der Waals surface area contributed by atoms with Gasteiger partial charge in [0.15, 0.2) is 0 Å². The quantitative estimate of drug-likeness (QED) is 0.140. The number of nitrogens with one attached hydrogen (secondary N) is 2. The van der Waals surface area contributed by atoms with Crippen LogP contribution in [0.5, 0.6) is 0 Å². The smallest absolute Gasteiger partial charge is 0.0766 e. The van der Waals surface area contributed by atoms with Gasteiger partial charge in [-0.05, 0) is 25.7 Å². The highest BCUT2D eigenvalue weighted by Gasteiger charge is 1.96. The van der Waals surface area contributed by atoms with Crippen LogP contribution in [0.4, 0.5) is 0 Å². The summed E-state index contributed by atoms with van der Waals surface area (Å²) in [5.41, 5.74) is 0. The minimum absolute atomic E-state index is 0. The van der Waals surface area contributed by atoms with Crippen molar-refractivity contribution in [2.75, 3.05) is 41.3 Å². The van der Waals surface area contributed by atoms with E-state index in [0.717, 1.165) is 0 Å². The predicted molar refractivity (Wildman–Crippen MR) is 158 cm³/mol. The van der Waals surface area contributed by atoms with Gasteiger partial charge in [-0.2, -0.15) is 0 Å². The van der Waals surface area contributed by atoms with Crippen LogP contribution in [0.3, 0.4) is 0 Å². The Morgan fingerprint density at radius 3 is 0.639 bits per heavy atom. The summed E-state index contributed by atoms with van der Waals surface area (Å²) >= 11 is 0. The summed E-state index contributed by atoms with van der Waals surface area (Å²) in [6.45, 7) is 7.27. The Bertz CT molecular complexity index is 340. The van der Waals surface area contributed by atoms with E-state index in [4.69, 9.17) is 0 Å². The zero-order chi connectivity index (χ0) is 25.5. The number of unbranched alkanes of at least 4 members (excludes halogenated alkanes) is 22. The molecule has 0 fully saturated rings. The zero-order valence-corrected chi connectivity index (χ0v) is 28.5. The Morgan fingerprint density at radius 2 is 0.472 bits per heavy atom. The van der Waals surface area contributed by atoms with Crippen LogP contribution in [-0.2, 0) is 0 Å². The van der Waals surface area contributed by atoms with E-state index in [0.29, 0.717) is 0 Å². The Hall–Kier alpha value is 0.690. The molecule has 0 rings (SSSR count). The molecule has 2 nitrogen and oxygen atoms in total. The summed E-state index contributed by atoms with van der Waals surface area (Å²) in [5.74, 6) is 0. The van der Waals surface area contributed by atoms with E-state index >= 15 is 0 Å². The Labute approximate surface area is 247 Å². The topological polar surface area (TPSA) is 8.88 Å². The highest BCUT2D eigenvalue weighted by molar-refractivity contribution is 4.49. The van der Waals surface area contributed by atoms with Crippen LogP contribution >= 0.6 is 0 Å². The van der Waals surface area contributed by atoms with Crippen LogP contribution in [0.25, 0.3) is 0 Å². The maximum atomic E-state index is 2.29. The van der Waals surface area contributed by atoms with Gasteiger partial charge >= 0.3 is 0 Å². The van der Waals surface area contributed by atoms with Gasteiger partial charge in [0.2, 0.25) is 0 Å². The van der Waals surface area contributed by atoms with Crippen molar-refractivity contribution >= 4 is 0 Å². The summed E-state index contributed by atoms with van der Waals surface area (Å²) in [7, 11) is 8.99. The van der Waals surface area contributed by atoms with Gasteiger partial charge in [-0.3, -0.25) is 0 Å². The summed E-state index contributed by atoms with van der Waals surface area (Å²) in [6, 6.07) is 0. The lowest BCUT2D eigenvalue weighted by Crippen LogP contribution is -3.05. The summed E-state index contributed by atoms with van der Waals surface area (Å²) in [5, 5.41) is 0. The lowest BCUT2D eigenvalue weighted by Gasteiger charge is -2.06. The minimum atomic E-state index is 0. The van der Waals surface area contributed by atoms with Crippen LogP contribution < -0.4 is 39.2 Å². The van der Waals surface area contributed by atoms with E-state index in [1.807, 2.05) is 0 Å². The first-order chi connectivity index (χ1) is 16.5. The number of hydrogen-bond donors (Lipinski definition) is 2. The molecule has 36 heavy (non-hydrogen) atoms. The second-order valence-electron chi connectivity index (χ2n) is 11.7. The molecular formula is C32H72BrClN2. The third-order valence-corrected chi connectivity index (χ3v) is 7.06. The average Bonchev–Trinajstić information content (AvgIpc) is 2.80. The molecule has 2 N–H and O–H groups in total. The lowest BCUT2D eigenvalue weighted by atomic mass is 10.0. The predicted octanol–water partition coefficient (Wildman–Crippen LogP) is 1.67. The molecule has 0 aromatic heterocycles. The van der Waals surface area contributed by atoms with E-state index < -0.39 is 0 Å². The number of halogens is 2. The Balaban J connectivity index is -0.000000276. The Kier molecular flexibility index (Phi) is 48.8. The number of rotatable bonds is 26. The van der Waals surface area contributed by atoms with Crippen molar-refractivity contribution in [1.29, 1.82) is 0 Å². The van der Waals surface area contributed by atoms with Gasteiger partial charge < -0.3 is 39.2 Å². The van der Waals surface area contributed by atoms with Crippen molar-refractivity contribution in [3.8, 4) is 0 Å². The van der Waals surface area contributed by atoms with Gasteiger partial charge in [0.25, 0.3) is 0 Å². The van der Waals surface area contributed by atoms with E-state index in [1.165, 1.54) is 167 Å². The van der Waals surface area contributed by atoms with Crippen molar-refractivity contribution in [2.45, 2.75) is 168 Å². The van der Waals surface area contributed by atoms with Crippen molar-refractivity contribution in [3.05, 3.63) is 0 Å².